The lowest BCUT2D eigenvalue weighted by atomic mass is 10.1. The average Bonchev–Trinajstić information content (AvgIpc) is 2.71. The third kappa shape index (κ3) is 3.49. The van der Waals surface area contributed by atoms with Crippen molar-refractivity contribution in [1.29, 1.82) is 0 Å². The maximum atomic E-state index is 10.6. The van der Waals surface area contributed by atoms with Crippen LogP contribution in [0.25, 0.3) is 0 Å². The van der Waals surface area contributed by atoms with Crippen molar-refractivity contribution in [3.8, 4) is 0 Å². The van der Waals surface area contributed by atoms with Gasteiger partial charge in [-0.1, -0.05) is 32.5 Å². The van der Waals surface area contributed by atoms with Crippen molar-refractivity contribution in [2.75, 3.05) is 5.75 Å². The van der Waals surface area contributed by atoms with E-state index in [0.29, 0.717) is 6.04 Å². The molecule has 17 heavy (non-hydrogen) atoms. The average molecular weight is 256 g/mol. The lowest BCUT2D eigenvalue weighted by molar-refractivity contribution is -0.133. The highest BCUT2D eigenvalue weighted by atomic mass is 32.2. The number of hydrogen-bond donors (Lipinski definition) is 1. The first-order chi connectivity index (χ1) is 8.13. The van der Waals surface area contributed by atoms with Crippen LogP contribution in [0.15, 0.2) is 11.4 Å². The topological polar surface area (TPSA) is 55.1 Å². The first kappa shape index (κ1) is 14.1. The Morgan fingerprint density at radius 2 is 2.12 bits per heavy atom. The maximum absolute atomic E-state index is 10.6. The first-order valence-electron chi connectivity index (χ1n) is 6.04. The summed E-state index contributed by atoms with van der Waals surface area (Å²) in [5.74, 6) is -0.729. The number of aromatic nitrogens is 2. The number of hydrogen-bond acceptors (Lipinski definition) is 3. The zero-order chi connectivity index (χ0) is 12.8. The zero-order valence-electron chi connectivity index (χ0n) is 10.6. The summed E-state index contributed by atoms with van der Waals surface area (Å²) in [5.41, 5.74) is 1.19. The molecule has 0 aliphatic carbocycles. The molecule has 1 aromatic heterocycles. The molecule has 0 unspecified atom stereocenters. The van der Waals surface area contributed by atoms with Crippen molar-refractivity contribution < 1.29 is 9.90 Å². The van der Waals surface area contributed by atoms with E-state index in [1.165, 1.54) is 17.5 Å². The van der Waals surface area contributed by atoms with Crippen LogP contribution in [0, 0.1) is 0 Å². The molecule has 1 N–H and O–H groups in total. The van der Waals surface area contributed by atoms with Gasteiger partial charge in [-0.05, 0) is 19.3 Å². The second-order valence-electron chi connectivity index (χ2n) is 3.91. The summed E-state index contributed by atoms with van der Waals surface area (Å²) in [6.07, 6.45) is 4.88. The number of aliphatic carboxylic acids is 1. The van der Waals surface area contributed by atoms with Crippen LogP contribution in [0.5, 0.6) is 0 Å². The molecule has 4 nitrogen and oxygen atoms in total. The number of nitrogens with zero attached hydrogens (tertiary/aromatic N) is 2. The molecule has 0 amide bonds. The highest BCUT2D eigenvalue weighted by molar-refractivity contribution is 7.99. The molecular formula is C12H20N2O2S. The van der Waals surface area contributed by atoms with E-state index >= 15 is 0 Å². The molecule has 0 spiro atoms. The predicted octanol–water partition coefficient (Wildman–Crippen LogP) is 2.98. The molecule has 0 atom stereocenters. The monoisotopic (exact) mass is 256 g/mol. The fourth-order valence-corrected chi connectivity index (χ4v) is 2.70. The third-order valence-electron chi connectivity index (χ3n) is 2.83. The van der Waals surface area contributed by atoms with E-state index in [9.17, 15) is 4.79 Å². The van der Waals surface area contributed by atoms with Crippen LogP contribution in [0.4, 0.5) is 0 Å². The van der Waals surface area contributed by atoms with E-state index in [2.05, 4.69) is 30.3 Å². The number of carboxylic acids is 1. The molecule has 0 saturated carbocycles. The van der Waals surface area contributed by atoms with E-state index in [0.717, 1.165) is 24.4 Å². The highest BCUT2D eigenvalue weighted by Gasteiger charge is 2.16. The summed E-state index contributed by atoms with van der Waals surface area (Å²) < 4.78 is 2.20. The number of aryl methyl sites for hydroxylation is 1. The minimum Gasteiger partial charge on any atom is -0.481 e. The highest BCUT2D eigenvalue weighted by Crippen LogP contribution is 2.27. The van der Waals surface area contributed by atoms with E-state index < -0.39 is 5.97 Å². The van der Waals surface area contributed by atoms with Crippen molar-refractivity contribution in [3.63, 3.8) is 0 Å². The Balaban J connectivity index is 2.96. The predicted molar refractivity (Wildman–Crippen MR) is 69.6 cm³/mol. The second kappa shape index (κ2) is 6.69. The Bertz CT molecular complexity index is 373. The minimum atomic E-state index is -0.799. The molecular weight excluding hydrogens is 236 g/mol. The Hall–Kier alpha value is -0.970. The minimum absolute atomic E-state index is 0.0698. The second-order valence-corrected chi connectivity index (χ2v) is 4.85. The van der Waals surface area contributed by atoms with E-state index in [1.54, 1.807) is 0 Å². The van der Waals surface area contributed by atoms with Gasteiger partial charge in [0.05, 0.1) is 5.75 Å². The van der Waals surface area contributed by atoms with Crippen LogP contribution >= 0.6 is 11.8 Å². The number of carboxylic acid groups (broad SMARTS) is 1. The molecule has 1 heterocycles. The van der Waals surface area contributed by atoms with Crippen LogP contribution in [-0.2, 0) is 11.2 Å². The van der Waals surface area contributed by atoms with Crippen molar-refractivity contribution >= 4 is 17.7 Å². The van der Waals surface area contributed by atoms with Gasteiger partial charge >= 0.3 is 5.97 Å². The summed E-state index contributed by atoms with van der Waals surface area (Å²) in [5, 5.41) is 9.56. The Morgan fingerprint density at radius 1 is 1.47 bits per heavy atom. The maximum Gasteiger partial charge on any atom is 0.313 e. The van der Waals surface area contributed by atoms with E-state index in [4.69, 9.17) is 5.11 Å². The summed E-state index contributed by atoms with van der Waals surface area (Å²) in [7, 11) is 0. The number of rotatable bonds is 7. The number of carbonyl (C=O) groups is 1. The Kier molecular flexibility index (Phi) is 5.55. The smallest absolute Gasteiger partial charge is 0.313 e. The van der Waals surface area contributed by atoms with Gasteiger partial charge in [0.15, 0.2) is 5.16 Å². The normalized spacial score (nSPS) is 11.1. The van der Waals surface area contributed by atoms with Crippen LogP contribution in [-0.4, -0.2) is 26.4 Å². The largest absolute Gasteiger partial charge is 0.481 e. The van der Waals surface area contributed by atoms with Gasteiger partial charge in [0.25, 0.3) is 0 Å². The van der Waals surface area contributed by atoms with Gasteiger partial charge in [-0.25, -0.2) is 4.98 Å². The molecule has 96 valence electrons. The quantitative estimate of drug-likeness (QED) is 0.762. The molecule has 0 radical (unpaired) electrons. The summed E-state index contributed by atoms with van der Waals surface area (Å²) >= 11 is 1.30. The van der Waals surface area contributed by atoms with Crippen LogP contribution < -0.4 is 0 Å². The van der Waals surface area contributed by atoms with E-state index in [1.807, 2.05) is 6.20 Å². The van der Waals surface area contributed by atoms with Gasteiger partial charge < -0.3 is 9.67 Å². The molecule has 0 aliphatic rings. The molecule has 0 aromatic carbocycles. The number of thioether (sulfide) groups is 1. The van der Waals surface area contributed by atoms with Crippen molar-refractivity contribution in [3.05, 3.63) is 11.9 Å². The lowest BCUT2D eigenvalue weighted by Crippen LogP contribution is -2.12. The Morgan fingerprint density at radius 3 is 2.59 bits per heavy atom. The van der Waals surface area contributed by atoms with E-state index in [-0.39, 0.29) is 5.75 Å². The van der Waals surface area contributed by atoms with Gasteiger partial charge in [0, 0.05) is 17.9 Å². The molecule has 5 heteroatoms. The zero-order valence-corrected chi connectivity index (χ0v) is 11.5. The first-order valence-corrected chi connectivity index (χ1v) is 7.03. The van der Waals surface area contributed by atoms with Gasteiger partial charge in [-0.15, -0.1) is 0 Å². The van der Waals surface area contributed by atoms with Gasteiger partial charge in [0.2, 0.25) is 0 Å². The lowest BCUT2D eigenvalue weighted by Gasteiger charge is -2.19. The van der Waals surface area contributed by atoms with Crippen molar-refractivity contribution in [2.45, 2.75) is 51.2 Å². The molecule has 0 aliphatic heterocycles. The molecule has 1 aromatic rings. The standard InChI is InChI=1S/C12H20N2O2S/c1-4-9(5-2)14-10(6-3)7-13-12(14)17-8-11(15)16/h7,9H,4-6,8H2,1-3H3,(H,15,16). The Labute approximate surface area is 106 Å². The molecule has 0 bridgehead atoms. The van der Waals surface area contributed by atoms with Crippen LogP contribution in [0.1, 0.15) is 45.3 Å². The summed E-state index contributed by atoms with van der Waals surface area (Å²) in [6.45, 7) is 6.40. The van der Waals surface area contributed by atoms with Crippen molar-refractivity contribution in [2.24, 2.45) is 0 Å². The summed E-state index contributed by atoms with van der Waals surface area (Å²) in [4.78, 5) is 14.9. The third-order valence-corrected chi connectivity index (χ3v) is 3.79. The van der Waals surface area contributed by atoms with Crippen molar-refractivity contribution in [1.82, 2.24) is 9.55 Å². The van der Waals surface area contributed by atoms with Crippen LogP contribution in [0.3, 0.4) is 0 Å². The van der Waals surface area contributed by atoms with Gasteiger partial charge in [-0.2, -0.15) is 0 Å². The van der Waals surface area contributed by atoms with Gasteiger partial charge in [0.1, 0.15) is 0 Å². The number of imidazole rings is 1. The molecule has 0 fully saturated rings. The fourth-order valence-electron chi connectivity index (χ4n) is 1.92. The van der Waals surface area contributed by atoms with Gasteiger partial charge in [-0.3, -0.25) is 4.79 Å². The summed E-state index contributed by atoms with van der Waals surface area (Å²) in [6, 6.07) is 0.420. The fraction of sp³-hybridized carbons (Fsp3) is 0.667. The van der Waals surface area contributed by atoms with Crippen LogP contribution in [0.2, 0.25) is 0 Å². The molecule has 0 saturated heterocycles. The molecule has 1 rings (SSSR count). The SMILES string of the molecule is CCc1cnc(SCC(=O)O)n1C(CC)CC.